The monoisotopic (exact) mass is 282 g/mol. The topological polar surface area (TPSA) is 48.1 Å². The van der Waals surface area contributed by atoms with E-state index in [1.165, 1.54) is 0 Å². The van der Waals surface area contributed by atoms with Crippen LogP contribution in [-0.2, 0) is 0 Å². The third-order valence-electron chi connectivity index (χ3n) is 2.39. The van der Waals surface area contributed by atoms with Gasteiger partial charge in [-0.15, -0.1) is 0 Å². The number of nitrogens with zero attached hydrogens (tertiary/aromatic N) is 1. The minimum Gasteiger partial charge on any atom is -0.437 e. The third-order valence-corrected chi connectivity index (χ3v) is 2.94. The predicted octanol–water partition coefficient (Wildman–Crippen LogP) is 4.20. The van der Waals surface area contributed by atoms with E-state index in [0.29, 0.717) is 21.7 Å². The molecule has 5 heteroatoms. The highest BCUT2D eigenvalue weighted by molar-refractivity contribution is 6.34. The molecule has 0 spiro atoms. The summed E-state index contributed by atoms with van der Waals surface area (Å²) in [6, 6.07) is 8.58. The van der Waals surface area contributed by atoms with E-state index >= 15 is 0 Å². The van der Waals surface area contributed by atoms with Crippen molar-refractivity contribution < 1.29 is 4.74 Å². The molecule has 0 aliphatic heterocycles. The van der Waals surface area contributed by atoms with Gasteiger partial charge in [0.15, 0.2) is 0 Å². The second kappa shape index (κ2) is 5.57. The summed E-state index contributed by atoms with van der Waals surface area (Å²) >= 11 is 11.9. The van der Waals surface area contributed by atoms with Crippen molar-refractivity contribution in [2.75, 3.05) is 0 Å². The van der Waals surface area contributed by atoms with Gasteiger partial charge in [-0.25, -0.2) is 4.98 Å². The first-order chi connectivity index (χ1) is 8.56. The number of hydrogen-bond acceptors (Lipinski definition) is 3. The van der Waals surface area contributed by atoms with Crippen LogP contribution in [0.4, 0.5) is 0 Å². The van der Waals surface area contributed by atoms with Crippen LogP contribution in [0.2, 0.25) is 10.0 Å². The van der Waals surface area contributed by atoms with Crippen LogP contribution in [0.3, 0.4) is 0 Å². The molecule has 2 N–H and O–H groups in total. The summed E-state index contributed by atoms with van der Waals surface area (Å²) in [6.45, 7) is 1.89. The number of rotatable bonds is 3. The molecule has 1 aromatic heterocycles. The van der Waals surface area contributed by atoms with E-state index in [9.17, 15) is 0 Å². The van der Waals surface area contributed by atoms with Crippen LogP contribution in [0.25, 0.3) is 0 Å². The summed E-state index contributed by atoms with van der Waals surface area (Å²) in [5, 5.41) is 1.04. The molecule has 3 nitrogen and oxygen atoms in total. The van der Waals surface area contributed by atoms with E-state index in [2.05, 4.69) is 4.98 Å². The Kier molecular flexibility index (Phi) is 4.07. The van der Waals surface area contributed by atoms with E-state index < -0.39 is 0 Å². The van der Waals surface area contributed by atoms with Gasteiger partial charge in [0.1, 0.15) is 5.75 Å². The van der Waals surface area contributed by atoms with Crippen molar-refractivity contribution in [1.29, 1.82) is 0 Å². The van der Waals surface area contributed by atoms with E-state index in [0.717, 1.165) is 5.56 Å². The average Bonchev–Trinajstić information content (AvgIpc) is 2.34. The van der Waals surface area contributed by atoms with Crippen molar-refractivity contribution in [3.63, 3.8) is 0 Å². The SMILES string of the molecule is C[C@@H](N)c1ccc(Oc2cc(Cl)ccc2Cl)nc1. The Morgan fingerprint density at radius 2 is 2.00 bits per heavy atom. The first-order valence-corrected chi connectivity index (χ1v) is 6.16. The summed E-state index contributed by atoms with van der Waals surface area (Å²) in [5.41, 5.74) is 6.68. The fraction of sp³-hybridized carbons (Fsp3) is 0.154. The molecule has 0 aliphatic carbocycles. The lowest BCUT2D eigenvalue weighted by Crippen LogP contribution is -2.05. The lowest BCUT2D eigenvalue weighted by atomic mass is 10.2. The standard InChI is InChI=1S/C13H12Cl2N2O/c1-8(16)9-2-5-13(17-7-9)18-12-6-10(14)3-4-11(12)15/h2-8H,16H2,1H3/t8-/m1/s1. The highest BCUT2D eigenvalue weighted by Gasteiger charge is 2.06. The number of halogens is 2. The maximum Gasteiger partial charge on any atom is 0.219 e. The molecule has 1 atom stereocenters. The normalized spacial score (nSPS) is 12.2. The molecule has 18 heavy (non-hydrogen) atoms. The highest BCUT2D eigenvalue weighted by Crippen LogP contribution is 2.31. The lowest BCUT2D eigenvalue weighted by molar-refractivity contribution is 0.462. The van der Waals surface area contributed by atoms with Crippen LogP contribution in [0.5, 0.6) is 11.6 Å². The fourth-order valence-electron chi connectivity index (χ4n) is 1.39. The van der Waals surface area contributed by atoms with E-state index in [-0.39, 0.29) is 6.04 Å². The first kappa shape index (κ1) is 13.1. The van der Waals surface area contributed by atoms with Gasteiger partial charge in [-0.3, -0.25) is 0 Å². The Hall–Kier alpha value is -1.29. The van der Waals surface area contributed by atoms with E-state index in [4.69, 9.17) is 33.7 Å². The summed E-state index contributed by atoms with van der Waals surface area (Å²) in [5.74, 6) is 0.925. The molecule has 0 unspecified atom stereocenters. The van der Waals surface area contributed by atoms with Gasteiger partial charge in [0.2, 0.25) is 5.88 Å². The van der Waals surface area contributed by atoms with Crippen LogP contribution in [-0.4, -0.2) is 4.98 Å². The molecule has 0 radical (unpaired) electrons. The van der Waals surface area contributed by atoms with Crippen LogP contribution in [0, 0.1) is 0 Å². The lowest BCUT2D eigenvalue weighted by Gasteiger charge is -2.09. The quantitative estimate of drug-likeness (QED) is 0.918. The zero-order valence-electron chi connectivity index (χ0n) is 9.73. The molecule has 0 bridgehead atoms. The molecule has 1 aromatic carbocycles. The Morgan fingerprint density at radius 1 is 1.22 bits per heavy atom. The summed E-state index contributed by atoms with van der Waals surface area (Å²) in [4.78, 5) is 4.16. The zero-order valence-corrected chi connectivity index (χ0v) is 11.2. The van der Waals surface area contributed by atoms with Crippen molar-refractivity contribution in [2.45, 2.75) is 13.0 Å². The second-order valence-corrected chi connectivity index (χ2v) is 4.74. The Balaban J connectivity index is 2.21. The summed E-state index contributed by atoms with van der Waals surface area (Å²) in [6.07, 6.45) is 1.68. The van der Waals surface area contributed by atoms with Crippen molar-refractivity contribution in [2.24, 2.45) is 5.73 Å². The minimum atomic E-state index is -0.0543. The molecule has 94 valence electrons. The summed E-state index contributed by atoms with van der Waals surface area (Å²) < 4.78 is 5.56. The highest BCUT2D eigenvalue weighted by atomic mass is 35.5. The molecule has 2 aromatic rings. The molecule has 0 amide bonds. The maximum absolute atomic E-state index is 6.00. The molecule has 1 heterocycles. The zero-order chi connectivity index (χ0) is 13.1. The van der Waals surface area contributed by atoms with Crippen molar-refractivity contribution in [3.8, 4) is 11.6 Å². The number of pyridine rings is 1. The molecule has 0 aliphatic rings. The van der Waals surface area contributed by atoms with Crippen molar-refractivity contribution >= 4 is 23.2 Å². The Morgan fingerprint density at radius 3 is 2.61 bits per heavy atom. The number of aromatic nitrogens is 1. The van der Waals surface area contributed by atoms with E-state index in [1.807, 2.05) is 13.0 Å². The molecule has 2 rings (SSSR count). The smallest absolute Gasteiger partial charge is 0.219 e. The molecule has 0 saturated heterocycles. The van der Waals surface area contributed by atoms with Crippen LogP contribution in [0.1, 0.15) is 18.5 Å². The van der Waals surface area contributed by atoms with Crippen molar-refractivity contribution in [1.82, 2.24) is 4.98 Å². The fourth-order valence-corrected chi connectivity index (χ4v) is 1.71. The van der Waals surface area contributed by atoms with Gasteiger partial charge in [0.05, 0.1) is 5.02 Å². The Bertz CT molecular complexity index is 541. The maximum atomic E-state index is 6.00. The van der Waals surface area contributed by atoms with Crippen molar-refractivity contribution in [3.05, 3.63) is 52.1 Å². The van der Waals surface area contributed by atoms with Crippen LogP contribution >= 0.6 is 23.2 Å². The predicted molar refractivity (Wildman–Crippen MR) is 73.4 cm³/mol. The number of hydrogen-bond donors (Lipinski definition) is 1. The number of benzene rings is 1. The van der Waals surface area contributed by atoms with Gasteiger partial charge >= 0.3 is 0 Å². The van der Waals surface area contributed by atoms with Gasteiger partial charge < -0.3 is 10.5 Å². The molecular formula is C13H12Cl2N2O. The van der Waals surface area contributed by atoms with E-state index in [1.54, 1.807) is 30.5 Å². The Labute approximate surface area is 115 Å². The van der Waals surface area contributed by atoms with Gasteiger partial charge in [-0.05, 0) is 24.6 Å². The van der Waals surface area contributed by atoms with Crippen LogP contribution in [0.15, 0.2) is 36.5 Å². The number of ether oxygens (including phenoxy) is 1. The largest absolute Gasteiger partial charge is 0.437 e. The molecular weight excluding hydrogens is 271 g/mol. The van der Waals surface area contributed by atoms with Gasteiger partial charge in [-0.1, -0.05) is 29.3 Å². The number of nitrogens with two attached hydrogens (primary N) is 1. The van der Waals surface area contributed by atoms with Gasteiger partial charge in [0.25, 0.3) is 0 Å². The average molecular weight is 283 g/mol. The summed E-state index contributed by atoms with van der Waals surface area (Å²) in [7, 11) is 0. The minimum absolute atomic E-state index is 0.0543. The molecule has 0 saturated carbocycles. The molecule has 0 fully saturated rings. The van der Waals surface area contributed by atoms with Gasteiger partial charge in [0, 0.05) is 29.4 Å². The first-order valence-electron chi connectivity index (χ1n) is 5.40. The second-order valence-electron chi connectivity index (χ2n) is 3.90. The third kappa shape index (κ3) is 3.13. The van der Waals surface area contributed by atoms with Gasteiger partial charge in [-0.2, -0.15) is 0 Å². The van der Waals surface area contributed by atoms with Crippen LogP contribution < -0.4 is 10.5 Å².